The van der Waals surface area contributed by atoms with Gasteiger partial charge in [-0.1, -0.05) is 22.0 Å². The van der Waals surface area contributed by atoms with E-state index in [0.29, 0.717) is 13.2 Å². The van der Waals surface area contributed by atoms with E-state index in [1.807, 2.05) is 36.4 Å². The second-order valence-corrected chi connectivity index (χ2v) is 5.07. The zero-order chi connectivity index (χ0) is 12.8. The van der Waals surface area contributed by atoms with Crippen LogP contribution in [-0.4, -0.2) is 13.2 Å². The highest BCUT2D eigenvalue weighted by molar-refractivity contribution is 9.10. The van der Waals surface area contributed by atoms with Gasteiger partial charge in [0.1, 0.15) is 11.5 Å². The maximum Gasteiger partial charge on any atom is 0.120 e. The summed E-state index contributed by atoms with van der Waals surface area (Å²) in [5, 5.41) is 0. The van der Waals surface area contributed by atoms with Gasteiger partial charge in [0.15, 0.2) is 0 Å². The summed E-state index contributed by atoms with van der Waals surface area (Å²) in [7, 11) is 0. The van der Waals surface area contributed by atoms with Crippen LogP contribution in [0, 0.1) is 5.92 Å². The molecule has 1 unspecified atom stereocenters. The fourth-order valence-electron chi connectivity index (χ4n) is 1.69. The van der Waals surface area contributed by atoms with Gasteiger partial charge >= 0.3 is 0 Å². The molecule has 0 amide bonds. The molecule has 2 rings (SSSR count). The molecule has 0 bridgehead atoms. The molecule has 4 heteroatoms. The van der Waals surface area contributed by atoms with E-state index in [2.05, 4.69) is 15.9 Å². The fourth-order valence-corrected chi connectivity index (χ4v) is 2.07. The lowest BCUT2D eigenvalue weighted by atomic mass is 10.1. The number of ether oxygens (including phenoxy) is 1. The van der Waals surface area contributed by atoms with Crippen LogP contribution in [0.4, 0.5) is 0 Å². The molecule has 18 heavy (non-hydrogen) atoms. The maximum atomic E-state index is 5.75. The maximum absolute atomic E-state index is 5.75. The van der Waals surface area contributed by atoms with Crippen molar-refractivity contribution >= 4 is 15.9 Å². The molecular weight excluding hydrogens is 294 g/mol. The Morgan fingerprint density at radius 2 is 2.17 bits per heavy atom. The number of halogens is 1. The van der Waals surface area contributed by atoms with E-state index >= 15 is 0 Å². The van der Waals surface area contributed by atoms with E-state index in [9.17, 15) is 0 Å². The second-order valence-electron chi connectivity index (χ2n) is 4.15. The van der Waals surface area contributed by atoms with Crippen LogP contribution in [0.15, 0.2) is 51.6 Å². The molecule has 0 fully saturated rings. The Morgan fingerprint density at radius 3 is 2.83 bits per heavy atom. The van der Waals surface area contributed by atoms with Crippen LogP contribution >= 0.6 is 15.9 Å². The first-order valence-corrected chi connectivity index (χ1v) is 6.68. The monoisotopic (exact) mass is 309 g/mol. The Morgan fingerprint density at radius 1 is 1.28 bits per heavy atom. The number of rotatable bonds is 6. The number of benzene rings is 1. The number of hydrogen-bond acceptors (Lipinski definition) is 3. The largest absolute Gasteiger partial charge is 0.493 e. The molecule has 1 aromatic carbocycles. The first-order valence-electron chi connectivity index (χ1n) is 5.88. The first kappa shape index (κ1) is 13.2. The average molecular weight is 310 g/mol. The summed E-state index contributed by atoms with van der Waals surface area (Å²) in [6.45, 7) is 1.17. The summed E-state index contributed by atoms with van der Waals surface area (Å²) < 4.78 is 12.1. The van der Waals surface area contributed by atoms with E-state index in [-0.39, 0.29) is 5.92 Å². The van der Waals surface area contributed by atoms with Crippen molar-refractivity contribution < 1.29 is 9.15 Å². The standard InChI is InChI=1S/C14H16BrNO2/c15-12-3-1-4-14(8-12)18-10-11(9-16)7-13-5-2-6-17-13/h1-6,8,11H,7,9-10,16H2. The third-order valence-corrected chi connectivity index (χ3v) is 3.18. The van der Waals surface area contributed by atoms with Gasteiger partial charge in [-0.05, 0) is 36.9 Å². The van der Waals surface area contributed by atoms with Crippen LogP contribution in [0.25, 0.3) is 0 Å². The molecule has 3 nitrogen and oxygen atoms in total. The lowest BCUT2D eigenvalue weighted by Crippen LogP contribution is -2.23. The van der Waals surface area contributed by atoms with Gasteiger partial charge in [-0.2, -0.15) is 0 Å². The molecule has 0 spiro atoms. The molecule has 0 aliphatic carbocycles. The van der Waals surface area contributed by atoms with Gasteiger partial charge in [0.25, 0.3) is 0 Å². The van der Waals surface area contributed by atoms with E-state index in [1.165, 1.54) is 0 Å². The smallest absolute Gasteiger partial charge is 0.120 e. The van der Waals surface area contributed by atoms with Crippen molar-refractivity contribution in [3.63, 3.8) is 0 Å². The van der Waals surface area contributed by atoms with Crippen LogP contribution < -0.4 is 10.5 Å². The SMILES string of the molecule is NCC(COc1cccc(Br)c1)Cc1ccco1. The van der Waals surface area contributed by atoms with Crippen molar-refractivity contribution in [3.05, 3.63) is 52.9 Å². The summed E-state index contributed by atoms with van der Waals surface area (Å²) in [5.41, 5.74) is 5.75. The zero-order valence-electron chi connectivity index (χ0n) is 10.0. The van der Waals surface area contributed by atoms with Crippen LogP contribution in [0.2, 0.25) is 0 Å². The minimum Gasteiger partial charge on any atom is -0.493 e. The van der Waals surface area contributed by atoms with Crippen molar-refractivity contribution in [2.75, 3.05) is 13.2 Å². The molecule has 0 aliphatic heterocycles. The van der Waals surface area contributed by atoms with Gasteiger partial charge in [-0.3, -0.25) is 0 Å². The van der Waals surface area contributed by atoms with Crippen LogP contribution in [0.1, 0.15) is 5.76 Å². The minimum atomic E-state index is 0.259. The van der Waals surface area contributed by atoms with Crippen molar-refractivity contribution in [2.45, 2.75) is 6.42 Å². The second kappa shape index (κ2) is 6.61. The van der Waals surface area contributed by atoms with Gasteiger partial charge in [0.2, 0.25) is 0 Å². The van der Waals surface area contributed by atoms with Crippen molar-refractivity contribution in [2.24, 2.45) is 11.7 Å². The summed E-state index contributed by atoms with van der Waals surface area (Å²) in [5.74, 6) is 2.06. The zero-order valence-corrected chi connectivity index (χ0v) is 11.6. The molecule has 0 radical (unpaired) electrons. The molecule has 2 aromatic rings. The van der Waals surface area contributed by atoms with E-state index in [4.69, 9.17) is 14.9 Å². The molecule has 0 saturated carbocycles. The van der Waals surface area contributed by atoms with Gasteiger partial charge in [-0.15, -0.1) is 0 Å². The molecule has 96 valence electrons. The molecule has 0 aliphatic rings. The average Bonchev–Trinajstić information content (AvgIpc) is 2.87. The quantitative estimate of drug-likeness (QED) is 0.891. The molecule has 1 atom stereocenters. The first-order chi connectivity index (χ1) is 8.78. The van der Waals surface area contributed by atoms with Crippen LogP contribution in [0.3, 0.4) is 0 Å². The van der Waals surface area contributed by atoms with Crippen molar-refractivity contribution in [1.82, 2.24) is 0 Å². The molecule has 1 heterocycles. The number of hydrogen-bond donors (Lipinski definition) is 1. The number of nitrogens with two attached hydrogens (primary N) is 1. The Balaban J connectivity index is 1.87. The topological polar surface area (TPSA) is 48.4 Å². The van der Waals surface area contributed by atoms with Gasteiger partial charge in [0.05, 0.1) is 12.9 Å². The highest BCUT2D eigenvalue weighted by Crippen LogP contribution is 2.19. The third-order valence-electron chi connectivity index (χ3n) is 2.69. The predicted octanol–water partition coefficient (Wildman–Crippen LogP) is 3.24. The van der Waals surface area contributed by atoms with Gasteiger partial charge in [-0.25, -0.2) is 0 Å². The summed E-state index contributed by atoms with van der Waals surface area (Å²) in [4.78, 5) is 0. The highest BCUT2D eigenvalue weighted by atomic mass is 79.9. The van der Waals surface area contributed by atoms with E-state index < -0.39 is 0 Å². The van der Waals surface area contributed by atoms with Crippen LogP contribution in [0.5, 0.6) is 5.75 Å². The Bertz CT molecular complexity index is 470. The third kappa shape index (κ3) is 3.89. The van der Waals surface area contributed by atoms with E-state index in [0.717, 1.165) is 22.4 Å². The lowest BCUT2D eigenvalue weighted by Gasteiger charge is -2.14. The Kier molecular flexibility index (Phi) is 4.84. The number of furan rings is 1. The highest BCUT2D eigenvalue weighted by Gasteiger charge is 2.10. The Labute approximate surface area is 115 Å². The summed E-state index contributed by atoms with van der Waals surface area (Å²) >= 11 is 3.42. The Hall–Kier alpha value is -1.26. The summed E-state index contributed by atoms with van der Waals surface area (Å²) in [6, 6.07) is 11.6. The summed E-state index contributed by atoms with van der Waals surface area (Å²) in [6.07, 6.45) is 2.48. The molecular formula is C14H16BrNO2. The van der Waals surface area contributed by atoms with Crippen molar-refractivity contribution in [1.29, 1.82) is 0 Å². The minimum absolute atomic E-state index is 0.259. The molecule has 0 saturated heterocycles. The lowest BCUT2D eigenvalue weighted by molar-refractivity contribution is 0.245. The normalized spacial score (nSPS) is 12.3. The molecule has 2 N–H and O–H groups in total. The van der Waals surface area contributed by atoms with Gasteiger partial charge < -0.3 is 14.9 Å². The van der Waals surface area contributed by atoms with Gasteiger partial charge in [0, 0.05) is 16.8 Å². The van der Waals surface area contributed by atoms with Crippen molar-refractivity contribution in [3.8, 4) is 5.75 Å². The predicted molar refractivity (Wildman–Crippen MR) is 74.6 cm³/mol. The fraction of sp³-hybridized carbons (Fsp3) is 0.286. The molecule has 1 aromatic heterocycles. The van der Waals surface area contributed by atoms with Crippen LogP contribution in [-0.2, 0) is 6.42 Å². The van der Waals surface area contributed by atoms with E-state index in [1.54, 1.807) is 6.26 Å².